The molecular weight excluding hydrogens is 322 g/mol. The second-order valence-corrected chi connectivity index (χ2v) is 7.07. The number of hydrogen-bond acceptors (Lipinski definition) is 1. The van der Waals surface area contributed by atoms with Gasteiger partial charge in [-0.3, -0.25) is 0 Å². The second-order valence-electron chi connectivity index (χ2n) is 6.15. The number of hydrogen-bond donors (Lipinski definition) is 1. The first-order valence-electron chi connectivity index (χ1n) is 7.72. The molecular formula is C19H22BrN. The van der Waals surface area contributed by atoms with Crippen molar-refractivity contribution in [1.82, 2.24) is 5.32 Å². The summed E-state index contributed by atoms with van der Waals surface area (Å²) in [7, 11) is 0. The van der Waals surface area contributed by atoms with Crippen LogP contribution >= 0.6 is 15.9 Å². The Morgan fingerprint density at radius 1 is 1.10 bits per heavy atom. The average Bonchev–Trinajstić information content (AvgIpc) is 2.48. The van der Waals surface area contributed by atoms with Gasteiger partial charge in [0.1, 0.15) is 0 Å². The third kappa shape index (κ3) is 3.56. The van der Waals surface area contributed by atoms with Gasteiger partial charge in [0.05, 0.1) is 0 Å². The maximum atomic E-state index is 3.80. The van der Waals surface area contributed by atoms with E-state index in [1.165, 1.54) is 39.6 Å². The summed E-state index contributed by atoms with van der Waals surface area (Å²) < 4.78 is 1.20. The summed E-state index contributed by atoms with van der Waals surface area (Å²) in [5, 5.41) is 3.80. The standard InChI is InChI=1S/C19H22BrN/c1-13-3-5-15(6-4-13)14(2)21-19-10-8-16-11-18(20)9-7-17(16)12-19/h3-7,9,11,14,19,21H,8,10,12H2,1-2H3/t14-,19?/m0/s1. The van der Waals surface area contributed by atoms with Crippen LogP contribution in [-0.4, -0.2) is 6.04 Å². The zero-order chi connectivity index (χ0) is 14.8. The van der Waals surface area contributed by atoms with Crippen LogP contribution in [0.15, 0.2) is 46.9 Å². The van der Waals surface area contributed by atoms with Crippen LogP contribution in [0.5, 0.6) is 0 Å². The van der Waals surface area contributed by atoms with Gasteiger partial charge in [-0.05, 0) is 61.9 Å². The quantitative estimate of drug-likeness (QED) is 0.829. The van der Waals surface area contributed by atoms with Crippen molar-refractivity contribution in [2.24, 2.45) is 0 Å². The minimum absolute atomic E-state index is 0.410. The summed E-state index contributed by atoms with van der Waals surface area (Å²) in [6.07, 6.45) is 3.53. The molecule has 0 aromatic heterocycles. The average molecular weight is 344 g/mol. The number of rotatable bonds is 3. The van der Waals surface area contributed by atoms with Gasteiger partial charge < -0.3 is 5.32 Å². The van der Waals surface area contributed by atoms with Gasteiger partial charge in [-0.1, -0.05) is 51.8 Å². The molecule has 2 aromatic carbocycles. The Bertz CT molecular complexity index is 618. The molecule has 0 bridgehead atoms. The van der Waals surface area contributed by atoms with Crippen LogP contribution in [0, 0.1) is 6.92 Å². The number of nitrogens with one attached hydrogen (secondary N) is 1. The lowest BCUT2D eigenvalue weighted by Crippen LogP contribution is -2.36. The zero-order valence-electron chi connectivity index (χ0n) is 12.7. The molecule has 2 aromatic rings. The molecule has 0 radical (unpaired) electrons. The fraction of sp³-hybridized carbons (Fsp3) is 0.368. The molecule has 1 aliphatic rings. The summed E-state index contributed by atoms with van der Waals surface area (Å²) in [5.74, 6) is 0. The Balaban J connectivity index is 1.66. The van der Waals surface area contributed by atoms with Crippen molar-refractivity contribution >= 4 is 15.9 Å². The molecule has 0 heterocycles. The first-order chi connectivity index (χ1) is 10.1. The van der Waals surface area contributed by atoms with Crippen molar-refractivity contribution in [1.29, 1.82) is 0 Å². The molecule has 0 fully saturated rings. The van der Waals surface area contributed by atoms with Crippen LogP contribution in [-0.2, 0) is 12.8 Å². The molecule has 1 N–H and O–H groups in total. The van der Waals surface area contributed by atoms with Crippen LogP contribution in [0.25, 0.3) is 0 Å². The zero-order valence-corrected chi connectivity index (χ0v) is 14.3. The molecule has 2 atom stereocenters. The number of aryl methyl sites for hydroxylation is 2. The first-order valence-corrected chi connectivity index (χ1v) is 8.51. The van der Waals surface area contributed by atoms with Gasteiger partial charge in [0.25, 0.3) is 0 Å². The minimum Gasteiger partial charge on any atom is -0.307 e. The van der Waals surface area contributed by atoms with E-state index < -0.39 is 0 Å². The van der Waals surface area contributed by atoms with Gasteiger partial charge in [0.15, 0.2) is 0 Å². The molecule has 0 amide bonds. The maximum absolute atomic E-state index is 3.80. The molecule has 0 spiro atoms. The molecule has 0 aliphatic heterocycles. The van der Waals surface area contributed by atoms with Gasteiger partial charge in [-0.2, -0.15) is 0 Å². The third-order valence-electron chi connectivity index (χ3n) is 4.46. The Hall–Kier alpha value is -1.12. The third-order valence-corrected chi connectivity index (χ3v) is 4.95. The summed E-state index contributed by atoms with van der Waals surface area (Å²) in [5.41, 5.74) is 5.70. The predicted molar refractivity (Wildman–Crippen MR) is 92.7 cm³/mol. The molecule has 3 rings (SSSR count). The predicted octanol–water partition coefficient (Wildman–Crippen LogP) is 4.97. The van der Waals surface area contributed by atoms with Crippen molar-refractivity contribution in [3.8, 4) is 0 Å². The highest BCUT2D eigenvalue weighted by molar-refractivity contribution is 9.10. The summed E-state index contributed by atoms with van der Waals surface area (Å²) in [6.45, 7) is 4.40. The Morgan fingerprint density at radius 2 is 1.86 bits per heavy atom. The molecule has 110 valence electrons. The van der Waals surface area contributed by atoms with Crippen LogP contribution in [0.3, 0.4) is 0 Å². The van der Waals surface area contributed by atoms with Crippen molar-refractivity contribution in [3.05, 3.63) is 69.2 Å². The molecule has 0 saturated heterocycles. The maximum Gasteiger partial charge on any atom is 0.0294 e. The number of fused-ring (bicyclic) bond motifs is 1. The van der Waals surface area contributed by atoms with Gasteiger partial charge in [-0.15, -0.1) is 0 Å². The van der Waals surface area contributed by atoms with Crippen LogP contribution < -0.4 is 5.32 Å². The summed E-state index contributed by atoms with van der Waals surface area (Å²) in [4.78, 5) is 0. The van der Waals surface area contributed by atoms with Gasteiger partial charge in [-0.25, -0.2) is 0 Å². The first kappa shape index (κ1) is 14.8. The van der Waals surface area contributed by atoms with Crippen molar-refractivity contribution in [2.45, 2.75) is 45.2 Å². The molecule has 2 heteroatoms. The number of halogens is 1. The highest BCUT2D eigenvalue weighted by atomic mass is 79.9. The fourth-order valence-corrected chi connectivity index (χ4v) is 3.58. The van der Waals surface area contributed by atoms with Crippen LogP contribution in [0.4, 0.5) is 0 Å². The van der Waals surface area contributed by atoms with Gasteiger partial charge in [0.2, 0.25) is 0 Å². The molecule has 1 nitrogen and oxygen atoms in total. The molecule has 1 unspecified atom stereocenters. The van der Waals surface area contributed by atoms with E-state index in [-0.39, 0.29) is 0 Å². The lowest BCUT2D eigenvalue weighted by atomic mass is 9.88. The monoisotopic (exact) mass is 343 g/mol. The lowest BCUT2D eigenvalue weighted by molar-refractivity contribution is 0.413. The van der Waals surface area contributed by atoms with E-state index in [1.54, 1.807) is 0 Å². The Morgan fingerprint density at radius 3 is 2.62 bits per heavy atom. The van der Waals surface area contributed by atoms with Crippen molar-refractivity contribution in [3.63, 3.8) is 0 Å². The van der Waals surface area contributed by atoms with Crippen LogP contribution in [0.2, 0.25) is 0 Å². The normalized spacial score (nSPS) is 19.1. The largest absolute Gasteiger partial charge is 0.307 e. The van der Waals surface area contributed by atoms with E-state index in [4.69, 9.17) is 0 Å². The summed E-state index contributed by atoms with van der Waals surface area (Å²) in [6, 6.07) is 16.6. The van der Waals surface area contributed by atoms with E-state index in [0.717, 1.165) is 6.42 Å². The molecule has 1 aliphatic carbocycles. The van der Waals surface area contributed by atoms with Crippen molar-refractivity contribution < 1.29 is 0 Å². The van der Waals surface area contributed by atoms with Crippen molar-refractivity contribution in [2.75, 3.05) is 0 Å². The highest BCUT2D eigenvalue weighted by Crippen LogP contribution is 2.26. The second kappa shape index (κ2) is 6.33. The smallest absolute Gasteiger partial charge is 0.0294 e. The Labute approximate surface area is 135 Å². The molecule has 21 heavy (non-hydrogen) atoms. The van der Waals surface area contributed by atoms with E-state index in [9.17, 15) is 0 Å². The van der Waals surface area contributed by atoms with Gasteiger partial charge in [0, 0.05) is 16.6 Å². The number of benzene rings is 2. The fourth-order valence-electron chi connectivity index (χ4n) is 3.17. The lowest BCUT2D eigenvalue weighted by Gasteiger charge is -2.29. The SMILES string of the molecule is Cc1ccc([C@H](C)NC2CCc3cc(Br)ccc3C2)cc1. The van der Waals surface area contributed by atoms with E-state index in [1.807, 2.05) is 0 Å². The Kier molecular flexibility index (Phi) is 4.46. The van der Waals surface area contributed by atoms with Crippen LogP contribution in [0.1, 0.15) is 41.6 Å². The van der Waals surface area contributed by atoms with E-state index >= 15 is 0 Å². The summed E-state index contributed by atoms with van der Waals surface area (Å²) >= 11 is 3.57. The van der Waals surface area contributed by atoms with Gasteiger partial charge >= 0.3 is 0 Å². The topological polar surface area (TPSA) is 12.0 Å². The van der Waals surface area contributed by atoms with E-state index in [2.05, 4.69) is 77.6 Å². The van der Waals surface area contributed by atoms with E-state index in [0.29, 0.717) is 12.1 Å². The highest BCUT2D eigenvalue weighted by Gasteiger charge is 2.20. The minimum atomic E-state index is 0.410. The molecule has 0 saturated carbocycles.